The summed E-state index contributed by atoms with van der Waals surface area (Å²) in [7, 11) is 0. The predicted octanol–water partition coefficient (Wildman–Crippen LogP) is 4.42. The van der Waals surface area contributed by atoms with Gasteiger partial charge in [0, 0.05) is 11.6 Å². The first kappa shape index (κ1) is 18.5. The zero-order chi connectivity index (χ0) is 18.7. The van der Waals surface area contributed by atoms with Gasteiger partial charge in [0.25, 0.3) is 5.91 Å². The third kappa shape index (κ3) is 4.09. The Morgan fingerprint density at radius 2 is 2.12 bits per heavy atom. The van der Waals surface area contributed by atoms with E-state index in [9.17, 15) is 4.79 Å². The Balaban J connectivity index is 1.64. The summed E-state index contributed by atoms with van der Waals surface area (Å²) >= 11 is 0. The summed E-state index contributed by atoms with van der Waals surface area (Å²) in [5, 5.41) is 7.14. The number of ether oxygens (including phenoxy) is 1. The lowest BCUT2D eigenvalue weighted by atomic mass is 9.78. The minimum atomic E-state index is -0.0289. The second-order valence-corrected chi connectivity index (χ2v) is 7.47. The van der Waals surface area contributed by atoms with Gasteiger partial charge in [0.15, 0.2) is 0 Å². The van der Waals surface area contributed by atoms with Gasteiger partial charge < -0.3 is 14.6 Å². The number of hydrogen-bond donors (Lipinski definition) is 1. The molecule has 0 spiro atoms. The molecule has 1 aromatic carbocycles. The number of nitrogens with one attached hydrogen (secondary N) is 1. The standard InChI is InChI=1S/C21H28N2O3/c1-13-7-5-10-20(14(13)2)22-21(24)17-8-6-9-18(11-17)25-12-19-15(3)23-26-16(19)4/h6,8-9,11,13-14,20H,5,7,10,12H2,1-4H3,(H,22,24)/t13-,14+,20-/m1/s1. The largest absolute Gasteiger partial charge is 0.489 e. The van der Waals surface area contributed by atoms with Crippen molar-refractivity contribution >= 4 is 5.91 Å². The molecule has 2 aromatic rings. The predicted molar refractivity (Wildman–Crippen MR) is 100 cm³/mol. The molecule has 0 saturated heterocycles. The third-order valence-corrected chi connectivity index (χ3v) is 5.68. The summed E-state index contributed by atoms with van der Waals surface area (Å²) in [6.07, 6.45) is 3.48. The van der Waals surface area contributed by atoms with Gasteiger partial charge in [-0.1, -0.05) is 37.9 Å². The van der Waals surface area contributed by atoms with Crippen LogP contribution in [0.2, 0.25) is 0 Å². The fourth-order valence-corrected chi connectivity index (χ4v) is 3.63. The maximum atomic E-state index is 12.7. The molecule has 0 aliphatic heterocycles. The number of amides is 1. The van der Waals surface area contributed by atoms with Crippen molar-refractivity contribution in [1.82, 2.24) is 10.5 Å². The van der Waals surface area contributed by atoms with Crippen LogP contribution >= 0.6 is 0 Å². The van der Waals surface area contributed by atoms with Gasteiger partial charge in [0.1, 0.15) is 18.1 Å². The van der Waals surface area contributed by atoms with Crippen molar-refractivity contribution in [1.29, 1.82) is 0 Å². The second kappa shape index (κ2) is 7.94. The van der Waals surface area contributed by atoms with E-state index in [1.54, 1.807) is 6.07 Å². The first-order valence-electron chi connectivity index (χ1n) is 9.41. The van der Waals surface area contributed by atoms with E-state index in [4.69, 9.17) is 9.26 Å². The van der Waals surface area contributed by atoms with Gasteiger partial charge in [-0.3, -0.25) is 4.79 Å². The molecule has 5 nitrogen and oxygen atoms in total. The average Bonchev–Trinajstić information content (AvgIpc) is 2.95. The normalized spacial score (nSPS) is 22.8. The van der Waals surface area contributed by atoms with Crippen LogP contribution in [0.15, 0.2) is 28.8 Å². The molecule has 1 amide bonds. The molecule has 1 aliphatic rings. The van der Waals surface area contributed by atoms with Gasteiger partial charge in [-0.2, -0.15) is 0 Å². The zero-order valence-electron chi connectivity index (χ0n) is 16.0. The van der Waals surface area contributed by atoms with E-state index in [1.165, 1.54) is 12.8 Å². The van der Waals surface area contributed by atoms with E-state index >= 15 is 0 Å². The summed E-state index contributed by atoms with van der Waals surface area (Å²) < 4.78 is 11.0. The maximum Gasteiger partial charge on any atom is 0.251 e. The van der Waals surface area contributed by atoms with E-state index in [0.717, 1.165) is 23.4 Å². The number of benzene rings is 1. The van der Waals surface area contributed by atoms with Gasteiger partial charge in [-0.15, -0.1) is 0 Å². The van der Waals surface area contributed by atoms with Crippen molar-refractivity contribution in [2.45, 2.75) is 59.6 Å². The molecule has 140 valence electrons. The van der Waals surface area contributed by atoms with Crippen LogP contribution in [0.3, 0.4) is 0 Å². The Morgan fingerprint density at radius 1 is 1.31 bits per heavy atom. The summed E-state index contributed by atoms with van der Waals surface area (Å²) in [6, 6.07) is 7.59. The summed E-state index contributed by atoms with van der Waals surface area (Å²) in [4.78, 5) is 12.7. The fourth-order valence-electron chi connectivity index (χ4n) is 3.63. The highest BCUT2D eigenvalue weighted by Crippen LogP contribution is 2.29. The molecule has 0 bridgehead atoms. The lowest BCUT2D eigenvalue weighted by Crippen LogP contribution is -2.43. The smallest absolute Gasteiger partial charge is 0.251 e. The monoisotopic (exact) mass is 356 g/mol. The maximum absolute atomic E-state index is 12.7. The average molecular weight is 356 g/mol. The first-order chi connectivity index (χ1) is 12.5. The molecule has 0 radical (unpaired) electrons. The SMILES string of the molecule is Cc1noc(C)c1COc1cccc(C(=O)N[C@@H]2CCC[C@@H](C)[C@@H]2C)c1. The van der Waals surface area contributed by atoms with Crippen molar-refractivity contribution in [3.63, 3.8) is 0 Å². The van der Waals surface area contributed by atoms with Crippen LogP contribution < -0.4 is 10.1 Å². The topological polar surface area (TPSA) is 64.4 Å². The van der Waals surface area contributed by atoms with E-state index in [0.29, 0.717) is 29.8 Å². The Labute approximate surface area is 155 Å². The van der Waals surface area contributed by atoms with Crippen LogP contribution in [0, 0.1) is 25.7 Å². The molecule has 1 fully saturated rings. The molecular formula is C21H28N2O3. The van der Waals surface area contributed by atoms with Gasteiger partial charge in [-0.05, 0) is 50.3 Å². The van der Waals surface area contributed by atoms with E-state index in [2.05, 4.69) is 24.3 Å². The lowest BCUT2D eigenvalue weighted by molar-refractivity contribution is 0.0890. The number of aryl methyl sites for hydroxylation is 2. The Bertz CT molecular complexity index is 749. The molecule has 1 heterocycles. The summed E-state index contributed by atoms with van der Waals surface area (Å²) in [6.45, 7) is 8.65. The Morgan fingerprint density at radius 3 is 2.85 bits per heavy atom. The second-order valence-electron chi connectivity index (χ2n) is 7.47. The molecule has 0 unspecified atom stereocenters. The van der Waals surface area contributed by atoms with Crippen LogP contribution in [0.1, 0.15) is 60.5 Å². The van der Waals surface area contributed by atoms with Crippen LogP contribution in [0.4, 0.5) is 0 Å². The number of nitrogens with zero attached hydrogens (tertiary/aromatic N) is 1. The quantitative estimate of drug-likeness (QED) is 0.861. The van der Waals surface area contributed by atoms with Gasteiger partial charge >= 0.3 is 0 Å². The molecule has 1 aromatic heterocycles. The van der Waals surface area contributed by atoms with Crippen LogP contribution in [-0.4, -0.2) is 17.1 Å². The summed E-state index contributed by atoms with van der Waals surface area (Å²) in [5.41, 5.74) is 2.41. The van der Waals surface area contributed by atoms with Crippen molar-refractivity contribution in [3.05, 3.63) is 46.8 Å². The number of aromatic nitrogens is 1. The van der Waals surface area contributed by atoms with Crippen molar-refractivity contribution in [2.75, 3.05) is 0 Å². The van der Waals surface area contributed by atoms with Crippen LogP contribution in [-0.2, 0) is 6.61 Å². The van der Waals surface area contributed by atoms with Gasteiger partial charge in [0.2, 0.25) is 0 Å². The van der Waals surface area contributed by atoms with E-state index in [-0.39, 0.29) is 11.9 Å². The highest BCUT2D eigenvalue weighted by Gasteiger charge is 2.28. The van der Waals surface area contributed by atoms with Crippen molar-refractivity contribution in [2.24, 2.45) is 11.8 Å². The van der Waals surface area contributed by atoms with E-state index in [1.807, 2.05) is 32.0 Å². The molecule has 5 heteroatoms. The van der Waals surface area contributed by atoms with E-state index < -0.39 is 0 Å². The molecular weight excluding hydrogens is 328 g/mol. The number of carbonyl (C=O) groups excluding carboxylic acids is 1. The highest BCUT2D eigenvalue weighted by atomic mass is 16.5. The van der Waals surface area contributed by atoms with Gasteiger partial charge in [0.05, 0.1) is 11.3 Å². The van der Waals surface area contributed by atoms with Crippen LogP contribution in [0.5, 0.6) is 5.75 Å². The Kier molecular flexibility index (Phi) is 5.64. The number of rotatable bonds is 5. The molecule has 3 rings (SSSR count). The number of carbonyl (C=O) groups is 1. The van der Waals surface area contributed by atoms with Crippen LogP contribution in [0.25, 0.3) is 0 Å². The molecule has 26 heavy (non-hydrogen) atoms. The first-order valence-corrected chi connectivity index (χ1v) is 9.41. The van der Waals surface area contributed by atoms with Crippen molar-refractivity contribution < 1.29 is 14.1 Å². The fraction of sp³-hybridized carbons (Fsp3) is 0.524. The molecule has 1 N–H and O–H groups in total. The molecule has 3 atom stereocenters. The zero-order valence-corrected chi connectivity index (χ0v) is 16.0. The highest BCUT2D eigenvalue weighted by molar-refractivity contribution is 5.94. The summed E-state index contributed by atoms with van der Waals surface area (Å²) in [5.74, 6) is 2.56. The minimum Gasteiger partial charge on any atom is -0.489 e. The Hall–Kier alpha value is -2.30. The minimum absolute atomic E-state index is 0.0289. The lowest BCUT2D eigenvalue weighted by Gasteiger charge is -2.34. The third-order valence-electron chi connectivity index (χ3n) is 5.68. The van der Waals surface area contributed by atoms with Gasteiger partial charge in [-0.25, -0.2) is 0 Å². The number of hydrogen-bond acceptors (Lipinski definition) is 4. The molecule has 1 aliphatic carbocycles. The van der Waals surface area contributed by atoms with Crippen molar-refractivity contribution in [3.8, 4) is 5.75 Å². The molecule has 1 saturated carbocycles.